The fourth-order valence-electron chi connectivity index (χ4n) is 2.66. The zero-order valence-electron chi connectivity index (χ0n) is 15.7. The zero-order valence-corrected chi connectivity index (χ0v) is 15.7. The first-order valence-electron chi connectivity index (χ1n) is 8.89. The zero-order chi connectivity index (χ0) is 20.6. The largest absolute Gasteiger partial charge is 0.495 e. The van der Waals surface area contributed by atoms with Crippen LogP contribution < -0.4 is 20.7 Å². The van der Waals surface area contributed by atoms with Crippen molar-refractivity contribution in [1.29, 1.82) is 0 Å². The molecule has 0 aliphatic heterocycles. The van der Waals surface area contributed by atoms with Gasteiger partial charge in [-0.3, -0.25) is 4.79 Å². The molecule has 0 heterocycles. The summed E-state index contributed by atoms with van der Waals surface area (Å²) in [7, 11) is 1.53. The summed E-state index contributed by atoms with van der Waals surface area (Å²) in [5.41, 5.74) is 2.29. The number of halogens is 1. The molecule has 148 valence electrons. The molecule has 3 aromatic rings. The molecule has 0 bridgehead atoms. The lowest BCUT2D eigenvalue weighted by Crippen LogP contribution is -2.28. The van der Waals surface area contributed by atoms with Gasteiger partial charge in [0.25, 0.3) is 5.91 Å². The number of amides is 3. The van der Waals surface area contributed by atoms with Gasteiger partial charge in [-0.05, 0) is 54.1 Å². The van der Waals surface area contributed by atoms with Gasteiger partial charge >= 0.3 is 6.03 Å². The van der Waals surface area contributed by atoms with Crippen molar-refractivity contribution in [3.05, 3.63) is 89.7 Å². The number of carbonyl (C=O) groups excluding carboxylic acids is 2. The van der Waals surface area contributed by atoms with E-state index in [1.807, 2.05) is 12.1 Å². The van der Waals surface area contributed by atoms with Gasteiger partial charge in [0.1, 0.15) is 11.6 Å². The first kappa shape index (κ1) is 19.9. The fourth-order valence-corrected chi connectivity index (χ4v) is 2.66. The highest BCUT2D eigenvalue weighted by Crippen LogP contribution is 2.22. The molecule has 7 heteroatoms. The number of hydrogen-bond donors (Lipinski definition) is 3. The molecule has 0 unspecified atom stereocenters. The molecule has 0 atom stereocenters. The van der Waals surface area contributed by atoms with E-state index in [1.165, 1.54) is 31.4 Å². The van der Waals surface area contributed by atoms with E-state index < -0.39 is 5.82 Å². The lowest BCUT2D eigenvalue weighted by atomic mass is 10.1. The smallest absolute Gasteiger partial charge is 0.319 e. The van der Waals surface area contributed by atoms with Crippen molar-refractivity contribution in [3.63, 3.8) is 0 Å². The average molecular weight is 393 g/mol. The number of anilines is 2. The van der Waals surface area contributed by atoms with E-state index >= 15 is 0 Å². The van der Waals surface area contributed by atoms with Crippen LogP contribution in [0.4, 0.5) is 20.6 Å². The van der Waals surface area contributed by atoms with E-state index in [2.05, 4.69) is 16.0 Å². The maximum Gasteiger partial charge on any atom is 0.319 e. The first-order chi connectivity index (χ1) is 14.0. The van der Waals surface area contributed by atoms with Crippen LogP contribution in [0.5, 0.6) is 5.75 Å². The van der Waals surface area contributed by atoms with Crippen molar-refractivity contribution in [2.24, 2.45) is 0 Å². The lowest BCUT2D eigenvalue weighted by Gasteiger charge is -2.12. The Morgan fingerprint density at radius 3 is 2.45 bits per heavy atom. The van der Waals surface area contributed by atoms with E-state index in [9.17, 15) is 14.0 Å². The third-order valence-corrected chi connectivity index (χ3v) is 4.10. The summed E-state index contributed by atoms with van der Waals surface area (Å²) in [4.78, 5) is 24.4. The predicted octanol–water partition coefficient (Wildman–Crippen LogP) is 4.41. The van der Waals surface area contributed by atoms with Crippen molar-refractivity contribution < 1.29 is 18.7 Å². The fraction of sp³-hybridized carbons (Fsp3) is 0.0909. The van der Waals surface area contributed by atoms with Crippen molar-refractivity contribution in [3.8, 4) is 5.75 Å². The van der Waals surface area contributed by atoms with Crippen molar-refractivity contribution >= 4 is 23.3 Å². The van der Waals surface area contributed by atoms with E-state index in [1.54, 1.807) is 36.4 Å². The molecule has 0 aliphatic carbocycles. The second-order valence-electron chi connectivity index (χ2n) is 6.17. The summed E-state index contributed by atoms with van der Waals surface area (Å²) in [6, 6.07) is 19.1. The molecule has 29 heavy (non-hydrogen) atoms. The molecule has 6 nitrogen and oxygen atoms in total. The van der Waals surface area contributed by atoms with Crippen LogP contribution in [-0.2, 0) is 6.54 Å². The van der Waals surface area contributed by atoms with E-state index in [4.69, 9.17) is 4.74 Å². The van der Waals surface area contributed by atoms with Crippen LogP contribution >= 0.6 is 0 Å². The standard InChI is InChI=1S/C22H20FN3O3/c1-29-20-8-3-2-7-19(20)26-22(28)24-14-15-5-4-6-18(13-15)25-21(27)16-9-11-17(23)12-10-16/h2-13H,14H2,1H3,(H,25,27)(H2,24,26,28). The van der Waals surface area contributed by atoms with Crippen LogP contribution in [0.25, 0.3) is 0 Å². The molecule has 3 N–H and O–H groups in total. The van der Waals surface area contributed by atoms with Gasteiger partial charge in [0.15, 0.2) is 0 Å². The Morgan fingerprint density at radius 2 is 1.69 bits per heavy atom. The molecule has 0 saturated carbocycles. The minimum Gasteiger partial charge on any atom is -0.495 e. The lowest BCUT2D eigenvalue weighted by molar-refractivity contribution is 0.102. The number of rotatable bonds is 6. The number of urea groups is 1. The molecular weight excluding hydrogens is 373 g/mol. The van der Waals surface area contributed by atoms with Gasteiger partial charge in [-0.25, -0.2) is 9.18 Å². The molecule has 3 rings (SSSR count). The van der Waals surface area contributed by atoms with Crippen LogP contribution in [0.2, 0.25) is 0 Å². The number of hydrogen-bond acceptors (Lipinski definition) is 3. The summed E-state index contributed by atoms with van der Waals surface area (Å²) in [6.45, 7) is 0.265. The summed E-state index contributed by atoms with van der Waals surface area (Å²) < 4.78 is 18.2. The monoisotopic (exact) mass is 393 g/mol. The Morgan fingerprint density at radius 1 is 0.931 bits per heavy atom. The van der Waals surface area contributed by atoms with Crippen LogP contribution in [0, 0.1) is 5.82 Å². The number of nitrogens with one attached hydrogen (secondary N) is 3. The summed E-state index contributed by atoms with van der Waals surface area (Å²) in [5, 5.41) is 8.24. The van der Waals surface area contributed by atoms with Gasteiger partial charge in [-0.1, -0.05) is 24.3 Å². The molecule has 0 fully saturated rings. The molecule has 3 amide bonds. The molecule has 0 aromatic heterocycles. The van der Waals surface area contributed by atoms with E-state index in [0.717, 1.165) is 5.56 Å². The number of carbonyl (C=O) groups is 2. The number of benzene rings is 3. The van der Waals surface area contributed by atoms with Gasteiger partial charge in [0, 0.05) is 17.8 Å². The van der Waals surface area contributed by atoms with Gasteiger partial charge in [-0.15, -0.1) is 0 Å². The van der Waals surface area contributed by atoms with Crippen molar-refractivity contribution in [1.82, 2.24) is 5.32 Å². The van der Waals surface area contributed by atoms with E-state index in [-0.39, 0.29) is 18.5 Å². The van der Waals surface area contributed by atoms with Crippen molar-refractivity contribution in [2.75, 3.05) is 17.7 Å². The van der Waals surface area contributed by atoms with Crippen LogP contribution in [0.1, 0.15) is 15.9 Å². The Bertz CT molecular complexity index is 1010. The molecule has 0 spiro atoms. The van der Waals surface area contributed by atoms with E-state index in [0.29, 0.717) is 22.7 Å². The topological polar surface area (TPSA) is 79.5 Å². The number of ether oxygens (including phenoxy) is 1. The summed E-state index contributed by atoms with van der Waals surface area (Å²) >= 11 is 0. The summed E-state index contributed by atoms with van der Waals surface area (Å²) in [6.07, 6.45) is 0. The number of para-hydroxylation sites is 2. The molecule has 0 saturated heterocycles. The normalized spacial score (nSPS) is 10.1. The quantitative estimate of drug-likeness (QED) is 0.580. The van der Waals surface area contributed by atoms with Crippen LogP contribution in [-0.4, -0.2) is 19.0 Å². The Labute approximate surface area is 167 Å². The Kier molecular flexibility index (Phi) is 6.42. The first-order valence-corrected chi connectivity index (χ1v) is 8.89. The SMILES string of the molecule is COc1ccccc1NC(=O)NCc1cccc(NC(=O)c2ccc(F)cc2)c1. The van der Waals surface area contributed by atoms with Crippen LogP contribution in [0.15, 0.2) is 72.8 Å². The minimum atomic E-state index is -0.402. The maximum atomic E-state index is 13.0. The van der Waals surface area contributed by atoms with Crippen LogP contribution in [0.3, 0.4) is 0 Å². The highest BCUT2D eigenvalue weighted by Gasteiger charge is 2.08. The average Bonchev–Trinajstić information content (AvgIpc) is 2.73. The van der Waals surface area contributed by atoms with Gasteiger partial charge in [-0.2, -0.15) is 0 Å². The van der Waals surface area contributed by atoms with Crippen molar-refractivity contribution in [2.45, 2.75) is 6.54 Å². The second kappa shape index (κ2) is 9.36. The molecule has 0 radical (unpaired) electrons. The molecule has 0 aliphatic rings. The molecule has 3 aromatic carbocycles. The Hall–Kier alpha value is -3.87. The third-order valence-electron chi connectivity index (χ3n) is 4.10. The molecular formula is C22H20FN3O3. The Balaban J connectivity index is 1.57. The maximum absolute atomic E-state index is 13.0. The highest BCUT2D eigenvalue weighted by atomic mass is 19.1. The number of methoxy groups -OCH3 is 1. The third kappa shape index (κ3) is 5.55. The van der Waals surface area contributed by atoms with Gasteiger partial charge < -0.3 is 20.7 Å². The van der Waals surface area contributed by atoms with Gasteiger partial charge in [0.05, 0.1) is 12.8 Å². The van der Waals surface area contributed by atoms with Gasteiger partial charge in [0.2, 0.25) is 0 Å². The summed E-state index contributed by atoms with van der Waals surface area (Å²) in [5.74, 6) is -0.182. The minimum absolute atomic E-state index is 0.265. The highest BCUT2D eigenvalue weighted by molar-refractivity contribution is 6.04. The second-order valence-corrected chi connectivity index (χ2v) is 6.17. The predicted molar refractivity (Wildman–Crippen MR) is 110 cm³/mol.